The van der Waals surface area contributed by atoms with Crippen LogP contribution in [0.5, 0.6) is 0 Å². The van der Waals surface area contributed by atoms with Gasteiger partial charge in [0.25, 0.3) is 0 Å². The molecule has 0 aliphatic carbocycles. The van der Waals surface area contributed by atoms with Crippen molar-refractivity contribution in [3.63, 3.8) is 0 Å². The van der Waals surface area contributed by atoms with Gasteiger partial charge in [-0.2, -0.15) is 5.10 Å². The number of aryl methyl sites for hydroxylation is 1. The fraction of sp³-hybridized carbons (Fsp3) is 0.667. The molecule has 0 unspecified atom stereocenters. The van der Waals surface area contributed by atoms with E-state index in [2.05, 4.69) is 10.00 Å². The van der Waals surface area contributed by atoms with Gasteiger partial charge >= 0.3 is 0 Å². The molecular formula is C9H15N3O. The van der Waals surface area contributed by atoms with Crippen molar-refractivity contribution in [1.82, 2.24) is 14.7 Å². The second-order valence-corrected chi connectivity index (χ2v) is 3.66. The number of hydrogen-bond acceptors (Lipinski definition) is 3. The summed E-state index contributed by atoms with van der Waals surface area (Å²) in [4.78, 5) is 2.23. The van der Waals surface area contributed by atoms with Gasteiger partial charge in [0, 0.05) is 32.9 Å². The zero-order chi connectivity index (χ0) is 9.26. The molecule has 0 amide bonds. The maximum absolute atomic E-state index is 9.32. The number of aliphatic hydroxyl groups is 1. The molecule has 13 heavy (non-hydrogen) atoms. The molecule has 4 nitrogen and oxygen atoms in total. The molecule has 0 bridgehead atoms. The fourth-order valence-electron chi connectivity index (χ4n) is 1.73. The van der Waals surface area contributed by atoms with Crippen molar-refractivity contribution in [3.05, 3.63) is 18.0 Å². The van der Waals surface area contributed by atoms with Crippen LogP contribution in [0.25, 0.3) is 0 Å². The Hall–Kier alpha value is -0.870. The van der Waals surface area contributed by atoms with Crippen LogP contribution in [0.15, 0.2) is 12.3 Å². The van der Waals surface area contributed by atoms with E-state index in [9.17, 15) is 5.11 Å². The van der Waals surface area contributed by atoms with Crippen LogP contribution in [-0.2, 0) is 13.6 Å². The van der Waals surface area contributed by atoms with Gasteiger partial charge in [-0.3, -0.25) is 9.58 Å². The average molecular weight is 181 g/mol. The molecule has 1 aromatic heterocycles. The van der Waals surface area contributed by atoms with Crippen molar-refractivity contribution in [3.8, 4) is 0 Å². The smallest absolute Gasteiger partial charge is 0.0764 e. The Kier molecular flexibility index (Phi) is 2.33. The molecule has 0 saturated carbocycles. The largest absolute Gasteiger partial charge is 0.392 e. The highest BCUT2D eigenvalue weighted by Gasteiger charge is 2.20. The summed E-state index contributed by atoms with van der Waals surface area (Å²) in [6.07, 6.45) is 2.71. The van der Waals surface area contributed by atoms with Gasteiger partial charge < -0.3 is 5.11 Å². The molecule has 1 aliphatic rings. The highest BCUT2D eigenvalue weighted by Crippen LogP contribution is 2.11. The molecular weight excluding hydrogens is 166 g/mol. The van der Waals surface area contributed by atoms with E-state index in [0.717, 1.165) is 31.7 Å². The van der Waals surface area contributed by atoms with E-state index in [1.165, 1.54) is 0 Å². The summed E-state index contributed by atoms with van der Waals surface area (Å²) in [5, 5.41) is 13.6. The molecule has 1 aromatic rings. The van der Waals surface area contributed by atoms with Crippen molar-refractivity contribution in [2.75, 3.05) is 13.1 Å². The van der Waals surface area contributed by atoms with Gasteiger partial charge in [-0.05, 0) is 12.5 Å². The van der Waals surface area contributed by atoms with Crippen LogP contribution in [-0.4, -0.2) is 39.0 Å². The third-order valence-corrected chi connectivity index (χ3v) is 2.40. The molecule has 0 radical (unpaired) electrons. The Bertz CT molecular complexity index is 284. The van der Waals surface area contributed by atoms with Gasteiger partial charge in [-0.25, -0.2) is 0 Å². The van der Waals surface area contributed by atoms with Crippen LogP contribution in [0.4, 0.5) is 0 Å². The molecule has 4 heteroatoms. The second-order valence-electron chi connectivity index (χ2n) is 3.66. The highest BCUT2D eigenvalue weighted by molar-refractivity contribution is 4.99. The first-order valence-corrected chi connectivity index (χ1v) is 4.63. The van der Waals surface area contributed by atoms with Crippen molar-refractivity contribution in [1.29, 1.82) is 0 Å². The van der Waals surface area contributed by atoms with Crippen molar-refractivity contribution in [2.45, 2.75) is 19.1 Å². The van der Waals surface area contributed by atoms with E-state index in [4.69, 9.17) is 0 Å². The quantitative estimate of drug-likeness (QED) is 0.697. The topological polar surface area (TPSA) is 41.3 Å². The van der Waals surface area contributed by atoms with E-state index in [-0.39, 0.29) is 6.10 Å². The SMILES string of the molecule is Cn1ccc(CN2CC[C@@H](O)C2)n1. The molecule has 2 heterocycles. The minimum atomic E-state index is -0.135. The van der Waals surface area contributed by atoms with E-state index in [1.807, 2.05) is 24.0 Å². The van der Waals surface area contributed by atoms with Crippen LogP contribution in [0.3, 0.4) is 0 Å². The van der Waals surface area contributed by atoms with Crippen molar-refractivity contribution in [2.24, 2.45) is 7.05 Å². The van der Waals surface area contributed by atoms with Crippen LogP contribution >= 0.6 is 0 Å². The molecule has 0 aromatic carbocycles. The standard InChI is InChI=1S/C9H15N3O/c1-11-4-2-8(10-11)6-12-5-3-9(13)7-12/h2,4,9,13H,3,5-7H2,1H3/t9-/m1/s1. The summed E-state index contributed by atoms with van der Waals surface area (Å²) >= 11 is 0. The third-order valence-electron chi connectivity index (χ3n) is 2.40. The fourth-order valence-corrected chi connectivity index (χ4v) is 1.73. The van der Waals surface area contributed by atoms with Gasteiger partial charge in [-0.1, -0.05) is 0 Å². The number of aliphatic hydroxyl groups excluding tert-OH is 1. The summed E-state index contributed by atoms with van der Waals surface area (Å²) in [7, 11) is 1.92. The predicted octanol–water partition coefficient (Wildman–Crippen LogP) is -0.0133. The van der Waals surface area contributed by atoms with E-state index in [1.54, 1.807) is 0 Å². The lowest BCUT2D eigenvalue weighted by Crippen LogP contribution is -2.21. The van der Waals surface area contributed by atoms with Gasteiger partial charge in [-0.15, -0.1) is 0 Å². The monoisotopic (exact) mass is 181 g/mol. The molecule has 0 spiro atoms. The lowest BCUT2D eigenvalue weighted by Gasteiger charge is -2.12. The second kappa shape index (κ2) is 3.47. The van der Waals surface area contributed by atoms with Crippen LogP contribution < -0.4 is 0 Å². The lowest BCUT2D eigenvalue weighted by molar-refractivity contribution is 0.174. The summed E-state index contributed by atoms with van der Waals surface area (Å²) in [5.74, 6) is 0. The minimum absolute atomic E-state index is 0.135. The van der Waals surface area contributed by atoms with Gasteiger partial charge in [0.2, 0.25) is 0 Å². The Morgan fingerprint density at radius 1 is 1.69 bits per heavy atom. The summed E-state index contributed by atoms with van der Waals surface area (Å²) < 4.78 is 1.81. The van der Waals surface area contributed by atoms with E-state index >= 15 is 0 Å². The average Bonchev–Trinajstić information content (AvgIpc) is 2.62. The Balaban J connectivity index is 1.91. The molecule has 72 valence electrons. The number of likely N-dealkylation sites (tertiary alicyclic amines) is 1. The zero-order valence-corrected chi connectivity index (χ0v) is 7.85. The molecule has 1 atom stereocenters. The maximum Gasteiger partial charge on any atom is 0.0764 e. The van der Waals surface area contributed by atoms with E-state index < -0.39 is 0 Å². The van der Waals surface area contributed by atoms with E-state index in [0.29, 0.717) is 0 Å². The molecule has 1 aliphatic heterocycles. The first kappa shape index (κ1) is 8.72. The van der Waals surface area contributed by atoms with Crippen molar-refractivity contribution >= 4 is 0 Å². The Morgan fingerprint density at radius 2 is 2.54 bits per heavy atom. The summed E-state index contributed by atoms with van der Waals surface area (Å²) in [6, 6.07) is 2.02. The summed E-state index contributed by atoms with van der Waals surface area (Å²) in [5.41, 5.74) is 1.08. The van der Waals surface area contributed by atoms with Crippen LogP contribution in [0.2, 0.25) is 0 Å². The molecule has 1 N–H and O–H groups in total. The van der Waals surface area contributed by atoms with Crippen LogP contribution in [0, 0.1) is 0 Å². The predicted molar refractivity (Wildman–Crippen MR) is 49.1 cm³/mol. The summed E-state index contributed by atoms with van der Waals surface area (Å²) in [6.45, 7) is 2.63. The lowest BCUT2D eigenvalue weighted by atomic mass is 10.3. The Labute approximate surface area is 77.8 Å². The number of rotatable bonds is 2. The van der Waals surface area contributed by atoms with Crippen LogP contribution in [0.1, 0.15) is 12.1 Å². The normalized spacial score (nSPS) is 24.0. The zero-order valence-electron chi connectivity index (χ0n) is 7.85. The van der Waals surface area contributed by atoms with Gasteiger partial charge in [0.1, 0.15) is 0 Å². The number of aromatic nitrogens is 2. The number of nitrogens with zero attached hydrogens (tertiary/aromatic N) is 3. The number of hydrogen-bond donors (Lipinski definition) is 1. The highest BCUT2D eigenvalue weighted by atomic mass is 16.3. The van der Waals surface area contributed by atoms with Gasteiger partial charge in [0.05, 0.1) is 11.8 Å². The first-order valence-electron chi connectivity index (χ1n) is 4.63. The minimum Gasteiger partial charge on any atom is -0.392 e. The molecule has 1 saturated heterocycles. The molecule has 1 fully saturated rings. The number of β-amino-alcohol motifs (C(OH)–C–C–N with tert-alkyl or cyclic N) is 1. The maximum atomic E-state index is 9.32. The third kappa shape index (κ3) is 2.08. The van der Waals surface area contributed by atoms with Gasteiger partial charge in [0.15, 0.2) is 0 Å². The van der Waals surface area contributed by atoms with Crippen molar-refractivity contribution < 1.29 is 5.11 Å². The molecule has 2 rings (SSSR count). The first-order chi connectivity index (χ1) is 6.24. The Morgan fingerprint density at radius 3 is 3.08 bits per heavy atom.